The van der Waals surface area contributed by atoms with E-state index in [-0.39, 0.29) is 22.1 Å². The van der Waals surface area contributed by atoms with Crippen LogP contribution in [0.3, 0.4) is 0 Å². The average Bonchev–Trinajstić information content (AvgIpc) is 2.93. The number of hydrogen-bond donors (Lipinski definition) is 0. The maximum absolute atomic E-state index is 12.0. The highest BCUT2D eigenvalue weighted by Crippen LogP contribution is 2.23. The summed E-state index contributed by atoms with van der Waals surface area (Å²) in [4.78, 5) is 44.7. The molecule has 8 heteroatoms. The Bertz CT molecular complexity index is 748. The van der Waals surface area contributed by atoms with Gasteiger partial charge in [0.15, 0.2) is 0 Å². The molecule has 0 aliphatic carbocycles. The normalized spacial score (nSPS) is 13.5. The van der Waals surface area contributed by atoms with E-state index >= 15 is 0 Å². The molecular formula is C13H8ClN3O4. The monoisotopic (exact) mass is 305 g/mol. The molecule has 0 spiro atoms. The number of benzene rings is 1. The number of aromatic nitrogens is 2. The van der Waals surface area contributed by atoms with Gasteiger partial charge in [-0.25, -0.2) is 9.78 Å². The molecule has 21 heavy (non-hydrogen) atoms. The van der Waals surface area contributed by atoms with Gasteiger partial charge in [0.2, 0.25) is 5.82 Å². The van der Waals surface area contributed by atoms with E-state index in [1.54, 1.807) is 12.1 Å². The molecule has 0 radical (unpaired) electrons. The molecule has 1 aromatic carbocycles. The van der Waals surface area contributed by atoms with Gasteiger partial charge in [0, 0.05) is 7.05 Å². The zero-order valence-corrected chi connectivity index (χ0v) is 11.5. The maximum atomic E-state index is 12.0. The third-order valence-electron chi connectivity index (χ3n) is 3.05. The zero-order valence-electron chi connectivity index (χ0n) is 10.7. The predicted molar refractivity (Wildman–Crippen MR) is 70.6 cm³/mol. The highest BCUT2D eigenvalue weighted by atomic mass is 35.5. The lowest BCUT2D eigenvalue weighted by molar-refractivity contribution is -0.0595. The van der Waals surface area contributed by atoms with Crippen LogP contribution in [0.2, 0.25) is 5.15 Å². The molecule has 2 aromatic rings. The van der Waals surface area contributed by atoms with Crippen LogP contribution in [0.25, 0.3) is 0 Å². The number of nitrogens with zero attached hydrogens (tertiary/aromatic N) is 3. The number of imide groups is 1. The molecule has 1 aliphatic heterocycles. The summed E-state index contributed by atoms with van der Waals surface area (Å²) in [7, 11) is 1.51. The van der Waals surface area contributed by atoms with Crippen molar-refractivity contribution in [3.8, 4) is 0 Å². The smallest absolute Gasteiger partial charge is 0.321 e. The summed E-state index contributed by atoms with van der Waals surface area (Å²) in [5.41, 5.74) is 0.376. The SMILES string of the molecule is Cn1c(Cl)cnc1C(=O)ON1C(=O)c2ccccc2C1=O. The van der Waals surface area contributed by atoms with Crippen LogP contribution in [0, 0.1) is 0 Å². The van der Waals surface area contributed by atoms with Crippen molar-refractivity contribution in [1.82, 2.24) is 14.6 Å². The molecule has 1 aliphatic rings. The van der Waals surface area contributed by atoms with Crippen molar-refractivity contribution in [3.63, 3.8) is 0 Å². The number of carbonyl (C=O) groups excluding carboxylic acids is 3. The van der Waals surface area contributed by atoms with Crippen molar-refractivity contribution in [3.05, 3.63) is 52.6 Å². The molecule has 0 saturated heterocycles. The number of hydrogen-bond acceptors (Lipinski definition) is 5. The van der Waals surface area contributed by atoms with Crippen molar-refractivity contribution < 1.29 is 19.2 Å². The lowest BCUT2D eigenvalue weighted by Gasteiger charge is -2.12. The summed E-state index contributed by atoms with van der Waals surface area (Å²) in [6.45, 7) is 0. The number of halogens is 1. The standard InChI is InChI=1S/C13H8ClN3O4/c1-16-9(14)6-15-10(16)13(20)21-17-11(18)7-4-2-3-5-8(7)12(17)19/h2-6H,1H3. The third-order valence-corrected chi connectivity index (χ3v) is 3.40. The predicted octanol–water partition coefficient (Wildman–Crippen LogP) is 1.44. The summed E-state index contributed by atoms with van der Waals surface area (Å²) in [5.74, 6) is -2.44. The Balaban J connectivity index is 1.87. The molecule has 0 atom stereocenters. The minimum absolute atomic E-state index is 0.114. The second-order valence-electron chi connectivity index (χ2n) is 4.29. The van der Waals surface area contributed by atoms with Crippen molar-refractivity contribution >= 4 is 29.4 Å². The van der Waals surface area contributed by atoms with Crippen LogP contribution in [0.15, 0.2) is 30.5 Å². The van der Waals surface area contributed by atoms with Crippen LogP contribution >= 0.6 is 11.6 Å². The second-order valence-corrected chi connectivity index (χ2v) is 4.68. The van der Waals surface area contributed by atoms with Gasteiger partial charge in [-0.05, 0) is 12.1 Å². The lowest BCUT2D eigenvalue weighted by atomic mass is 10.1. The van der Waals surface area contributed by atoms with Crippen LogP contribution in [-0.2, 0) is 11.9 Å². The molecule has 0 unspecified atom stereocenters. The summed E-state index contributed by atoms with van der Waals surface area (Å²) < 4.78 is 1.28. The van der Waals surface area contributed by atoms with Gasteiger partial charge < -0.3 is 9.40 Å². The molecule has 106 valence electrons. The van der Waals surface area contributed by atoms with Gasteiger partial charge in [-0.2, -0.15) is 0 Å². The Morgan fingerprint density at radius 2 is 1.76 bits per heavy atom. The van der Waals surface area contributed by atoms with Crippen LogP contribution in [-0.4, -0.2) is 32.4 Å². The highest BCUT2D eigenvalue weighted by Gasteiger charge is 2.39. The molecule has 2 heterocycles. The number of carbonyl (C=O) groups is 3. The fraction of sp³-hybridized carbons (Fsp3) is 0.0769. The molecule has 1 aromatic heterocycles. The third kappa shape index (κ3) is 1.98. The number of rotatable bonds is 2. The molecule has 0 bridgehead atoms. The van der Waals surface area contributed by atoms with Gasteiger partial charge in [0.25, 0.3) is 11.8 Å². The number of imidazole rings is 1. The van der Waals surface area contributed by atoms with E-state index in [2.05, 4.69) is 4.98 Å². The van der Waals surface area contributed by atoms with Crippen molar-refractivity contribution in [1.29, 1.82) is 0 Å². The maximum Gasteiger partial charge on any atom is 0.399 e. The van der Waals surface area contributed by atoms with Gasteiger partial charge in [-0.15, -0.1) is 0 Å². The molecule has 0 fully saturated rings. The van der Waals surface area contributed by atoms with Crippen molar-refractivity contribution in [2.75, 3.05) is 0 Å². The minimum atomic E-state index is -0.945. The van der Waals surface area contributed by atoms with Crippen LogP contribution in [0.4, 0.5) is 0 Å². The van der Waals surface area contributed by atoms with Gasteiger partial charge in [-0.3, -0.25) is 9.59 Å². The van der Waals surface area contributed by atoms with Crippen LogP contribution < -0.4 is 0 Å². The van der Waals surface area contributed by atoms with Crippen LogP contribution in [0.5, 0.6) is 0 Å². The van der Waals surface area contributed by atoms with E-state index in [1.807, 2.05) is 0 Å². The fourth-order valence-electron chi connectivity index (χ4n) is 1.95. The van der Waals surface area contributed by atoms with Gasteiger partial charge in [0.05, 0.1) is 17.3 Å². The van der Waals surface area contributed by atoms with E-state index < -0.39 is 17.8 Å². The Kier molecular flexibility index (Phi) is 2.99. The Labute approximate surface area is 123 Å². The summed E-state index contributed by atoms with van der Waals surface area (Å²) in [6, 6.07) is 6.21. The molecular weight excluding hydrogens is 298 g/mol. The zero-order chi connectivity index (χ0) is 15.1. The first-order chi connectivity index (χ1) is 10.0. The first kappa shape index (κ1) is 13.3. The second kappa shape index (κ2) is 4.71. The summed E-state index contributed by atoms with van der Waals surface area (Å²) in [6.07, 6.45) is 1.26. The van der Waals surface area contributed by atoms with Gasteiger partial charge in [-0.1, -0.05) is 28.8 Å². The molecule has 2 amide bonds. The average molecular weight is 306 g/mol. The van der Waals surface area contributed by atoms with Gasteiger partial charge in [0.1, 0.15) is 5.15 Å². The molecule has 7 nitrogen and oxygen atoms in total. The number of fused-ring (bicyclic) bond motifs is 1. The van der Waals surface area contributed by atoms with E-state index in [0.717, 1.165) is 0 Å². The van der Waals surface area contributed by atoms with Crippen LogP contribution in [0.1, 0.15) is 31.3 Å². The van der Waals surface area contributed by atoms with E-state index in [1.165, 1.54) is 29.9 Å². The number of hydroxylamine groups is 2. The van der Waals surface area contributed by atoms with E-state index in [4.69, 9.17) is 16.4 Å². The summed E-state index contributed by atoms with van der Waals surface area (Å²) >= 11 is 5.77. The van der Waals surface area contributed by atoms with E-state index in [9.17, 15) is 14.4 Å². The van der Waals surface area contributed by atoms with E-state index in [0.29, 0.717) is 5.06 Å². The quantitative estimate of drug-likeness (QED) is 0.784. The topological polar surface area (TPSA) is 81.5 Å². The van der Waals surface area contributed by atoms with Crippen molar-refractivity contribution in [2.24, 2.45) is 7.05 Å². The highest BCUT2D eigenvalue weighted by molar-refractivity contribution is 6.29. The fourth-order valence-corrected chi connectivity index (χ4v) is 2.08. The first-order valence-electron chi connectivity index (χ1n) is 5.88. The molecule has 3 rings (SSSR count). The largest absolute Gasteiger partial charge is 0.399 e. The lowest BCUT2D eigenvalue weighted by Crippen LogP contribution is -2.33. The Morgan fingerprint density at radius 3 is 2.24 bits per heavy atom. The van der Waals surface area contributed by atoms with Crippen molar-refractivity contribution in [2.45, 2.75) is 0 Å². The summed E-state index contributed by atoms with van der Waals surface area (Å²) in [5, 5.41) is 0.652. The minimum Gasteiger partial charge on any atom is -0.321 e. The Morgan fingerprint density at radius 1 is 1.19 bits per heavy atom. The van der Waals surface area contributed by atoms with Gasteiger partial charge >= 0.3 is 5.97 Å². The molecule has 0 N–H and O–H groups in total. The first-order valence-corrected chi connectivity index (χ1v) is 6.26. The molecule has 0 saturated carbocycles. The Hall–Kier alpha value is -2.67. The number of amides is 2.